The summed E-state index contributed by atoms with van der Waals surface area (Å²) in [6.45, 7) is 1.63. The van der Waals surface area contributed by atoms with Gasteiger partial charge in [-0.15, -0.1) is 11.6 Å². The quantitative estimate of drug-likeness (QED) is 0.460. The molecular formula is C4H7ClO2S. The molecule has 0 radical (unpaired) electrons. The second-order valence-corrected chi connectivity index (χ2v) is 2.77. The Hall–Kier alpha value is 0.110. The molecule has 0 aliphatic heterocycles. The third-order valence-corrected chi connectivity index (χ3v) is 1.70. The number of halogens is 1. The third kappa shape index (κ3) is 2.43. The molecule has 2 unspecified atom stereocenters. The van der Waals surface area contributed by atoms with Gasteiger partial charge in [-0.25, -0.2) is 0 Å². The number of aliphatic carboxylic acids is 1. The van der Waals surface area contributed by atoms with Crippen LogP contribution in [0.1, 0.15) is 6.92 Å². The largest absolute Gasteiger partial charge is 0.480 e. The summed E-state index contributed by atoms with van der Waals surface area (Å²) < 4.78 is 0. The molecule has 4 heteroatoms. The maximum atomic E-state index is 9.96. The summed E-state index contributed by atoms with van der Waals surface area (Å²) >= 11 is 9.09. The Balaban J connectivity index is 3.64. The fraction of sp³-hybridized carbons (Fsp3) is 0.750. The number of thiol groups is 1. The number of hydrogen-bond acceptors (Lipinski definition) is 2. The molecule has 0 aromatic carbocycles. The summed E-state index contributed by atoms with van der Waals surface area (Å²) in [7, 11) is 0. The van der Waals surface area contributed by atoms with E-state index < -0.39 is 11.3 Å². The number of rotatable bonds is 2. The lowest BCUT2D eigenvalue weighted by atomic mass is 10.3. The number of hydrogen-bond donors (Lipinski definition) is 2. The second-order valence-electron chi connectivity index (χ2n) is 1.48. The van der Waals surface area contributed by atoms with Gasteiger partial charge in [0.2, 0.25) is 0 Å². The Morgan fingerprint density at radius 3 is 2.25 bits per heavy atom. The summed E-state index contributed by atoms with van der Waals surface area (Å²) in [5, 5.41) is 7.00. The van der Waals surface area contributed by atoms with Gasteiger partial charge in [0, 0.05) is 5.25 Å². The molecule has 0 aromatic rings. The van der Waals surface area contributed by atoms with E-state index in [1.165, 1.54) is 0 Å². The van der Waals surface area contributed by atoms with E-state index in [-0.39, 0.29) is 5.25 Å². The summed E-state index contributed by atoms with van der Waals surface area (Å²) in [5.74, 6) is -1.02. The van der Waals surface area contributed by atoms with Crippen molar-refractivity contribution < 1.29 is 9.90 Å². The zero-order valence-corrected chi connectivity index (χ0v) is 5.99. The van der Waals surface area contributed by atoms with Crippen LogP contribution in [-0.2, 0) is 4.79 Å². The fourth-order valence-corrected chi connectivity index (χ4v) is 0.334. The number of carbonyl (C=O) groups is 1. The van der Waals surface area contributed by atoms with E-state index in [0.717, 1.165) is 0 Å². The van der Waals surface area contributed by atoms with Crippen molar-refractivity contribution >= 4 is 30.2 Å². The van der Waals surface area contributed by atoms with E-state index >= 15 is 0 Å². The molecule has 48 valence electrons. The van der Waals surface area contributed by atoms with Crippen LogP contribution in [0.3, 0.4) is 0 Å². The van der Waals surface area contributed by atoms with Crippen molar-refractivity contribution in [3.05, 3.63) is 0 Å². The van der Waals surface area contributed by atoms with Crippen molar-refractivity contribution in [3.8, 4) is 0 Å². The maximum absolute atomic E-state index is 9.96. The highest BCUT2D eigenvalue weighted by atomic mass is 35.5. The van der Waals surface area contributed by atoms with Gasteiger partial charge in [-0.2, -0.15) is 12.6 Å². The smallest absolute Gasteiger partial charge is 0.322 e. The van der Waals surface area contributed by atoms with E-state index in [1.807, 2.05) is 0 Å². The molecule has 0 aliphatic carbocycles. The molecule has 1 N–H and O–H groups in total. The number of carboxylic acid groups (broad SMARTS) is 1. The summed E-state index contributed by atoms with van der Waals surface area (Å²) in [6, 6.07) is 0. The van der Waals surface area contributed by atoms with Crippen LogP contribution in [0.5, 0.6) is 0 Å². The molecule has 0 spiro atoms. The fourth-order valence-electron chi connectivity index (χ4n) is 0.206. The molecule has 0 saturated heterocycles. The molecule has 0 aliphatic rings. The van der Waals surface area contributed by atoms with Gasteiger partial charge in [0.15, 0.2) is 0 Å². The first-order valence-electron chi connectivity index (χ1n) is 2.10. The highest BCUT2D eigenvalue weighted by molar-refractivity contribution is 7.81. The third-order valence-electron chi connectivity index (χ3n) is 0.659. The lowest BCUT2D eigenvalue weighted by Gasteiger charge is -2.04. The van der Waals surface area contributed by atoms with Gasteiger partial charge in [0.05, 0.1) is 0 Å². The highest BCUT2D eigenvalue weighted by Crippen LogP contribution is 2.07. The van der Waals surface area contributed by atoms with E-state index in [1.54, 1.807) is 6.92 Å². The minimum Gasteiger partial charge on any atom is -0.480 e. The van der Waals surface area contributed by atoms with Gasteiger partial charge in [0.25, 0.3) is 0 Å². The van der Waals surface area contributed by atoms with Crippen molar-refractivity contribution in [1.82, 2.24) is 0 Å². The zero-order valence-electron chi connectivity index (χ0n) is 4.34. The Morgan fingerprint density at radius 2 is 2.25 bits per heavy atom. The number of alkyl halides is 1. The molecule has 0 heterocycles. The Bertz CT molecular complexity index is 94.0. The van der Waals surface area contributed by atoms with Crippen LogP contribution in [-0.4, -0.2) is 21.7 Å². The van der Waals surface area contributed by atoms with Crippen LogP contribution < -0.4 is 0 Å². The van der Waals surface area contributed by atoms with Gasteiger partial charge in [-0.1, -0.05) is 6.92 Å². The molecular weight excluding hydrogens is 148 g/mol. The first kappa shape index (κ1) is 8.11. The van der Waals surface area contributed by atoms with E-state index in [4.69, 9.17) is 16.7 Å². The Morgan fingerprint density at radius 1 is 1.88 bits per heavy atom. The Kier molecular flexibility index (Phi) is 3.24. The van der Waals surface area contributed by atoms with Gasteiger partial charge < -0.3 is 5.11 Å². The predicted molar refractivity (Wildman–Crippen MR) is 35.7 cm³/mol. The van der Waals surface area contributed by atoms with Crippen molar-refractivity contribution in [1.29, 1.82) is 0 Å². The monoisotopic (exact) mass is 154 g/mol. The topological polar surface area (TPSA) is 37.3 Å². The van der Waals surface area contributed by atoms with Crippen molar-refractivity contribution in [2.75, 3.05) is 0 Å². The molecule has 0 aromatic heterocycles. The first-order valence-corrected chi connectivity index (χ1v) is 3.06. The van der Waals surface area contributed by atoms with E-state index in [9.17, 15) is 4.79 Å². The standard InChI is InChI=1S/C4H7ClO2S/c1-2(8)3(5)4(6)7/h2-3,8H,1H3,(H,6,7). The summed E-state index contributed by atoms with van der Waals surface area (Å²) in [6.07, 6.45) is 0. The molecule has 8 heavy (non-hydrogen) atoms. The van der Waals surface area contributed by atoms with Crippen LogP contribution in [0.4, 0.5) is 0 Å². The summed E-state index contributed by atoms with van der Waals surface area (Å²) in [4.78, 5) is 9.96. The van der Waals surface area contributed by atoms with Crippen LogP contribution in [0, 0.1) is 0 Å². The van der Waals surface area contributed by atoms with Crippen LogP contribution >= 0.6 is 24.2 Å². The molecule has 2 nitrogen and oxygen atoms in total. The van der Waals surface area contributed by atoms with Crippen molar-refractivity contribution in [2.45, 2.75) is 17.6 Å². The molecule has 0 amide bonds. The average molecular weight is 155 g/mol. The lowest BCUT2D eigenvalue weighted by Crippen LogP contribution is -2.21. The molecule has 0 saturated carbocycles. The van der Waals surface area contributed by atoms with Crippen LogP contribution in [0.15, 0.2) is 0 Å². The molecule has 0 fully saturated rings. The second kappa shape index (κ2) is 3.20. The average Bonchev–Trinajstić information content (AvgIpc) is 1.64. The van der Waals surface area contributed by atoms with E-state index in [0.29, 0.717) is 0 Å². The lowest BCUT2D eigenvalue weighted by molar-refractivity contribution is -0.136. The van der Waals surface area contributed by atoms with Crippen molar-refractivity contribution in [3.63, 3.8) is 0 Å². The SMILES string of the molecule is CC(S)C(Cl)C(=O)O. The minimum absolute atomic E-state index is 0.297. The van der Waals surface area contributed by atoms with Gasteiger partial charge >= 0.3 is 5.97 Å². The zero-order chi connectivity index (χ0) is 6.73. The molecule has 0 bridgehead atoms. The summed E-state index contributed by atoms with van der Waals surface area (Å²) in [5.41, 5.74) is 0. The predicted octanol–water partition coefficient (Wildman–Crippen LogP) is 0.997. The minimum atomic E-state index is -1.02. The van der Waals surface area contributed by atoms with Crippen LogP contribution in [0.25, 0.3) is 0 Å². The first-order chi connectivity index (χ1) is 3.55. The maximum Gasteiger partial charge on any atom is 0.322 e. The molecule has 0 rings (SSSR count). The van der Waals surface area contributed by atoms with E-state index in [2.05, 4.69) is 12.6 Å². The van der Waals surface area contributed by atoms with Gasteiger partial charge in [-0.05, 0) is 0 Å². The number of carboxylic acids is 1. The van der Waals surface area contributed by atoms with Gasteiger partial charge in [0.1, 0.15) is 5.38 Å². The van der Waals surface area contributed by atoms with Crippen LogP contribution in [0.2, 0.25) is 0 Å². The normalized spacial score (nSPS) is 17.4. The highest BCUT2D eigenvalue weighted by Gasteiger charge is 2.17. The van der Waals surface area contributed by atoms with Gasteiger partial charge in [-0.3, -0.25) is 4.79 Å². The van der Waals surface area contributed by atoms with Crippen molar-refractivity contribution in [2.24, 2.45) is 0 Å². The Labute approximate surface area is 58.2 Å². The molecule has 2 atom stereocenters.